The molecule has 31 heavy (non-hydrogen) atoms. The molecule has 1 N–H and O–H groups in total. The third kappa shape index (κ3) is 4.82. The van der Waals surface area contributed by atoms with Crippen LogP contribution in [0.5, 0.6) is 0 Å². The normalized spacial score (nSPS) is 12.1. The summed E-state index contributed by atoms with van der Waals surface area (Å²) < 4.78 is 92.5. The predicted octanol–water partition coefficient (Wildman–Crippen LogP) is 3.64. The number of hydrogen-bond acceptors (Lipinski definition) is 5. The minimum absolute atomic E-state index is 0.117. The minimum atomic E-state index is -4.71. The van der Waals surface area contributed by atoms with E-state index in [1.54, 1.807) is 4.72 Å². The lowest BCUT2D eigenvalue weighted by molar-refractivity contribution is -0.137. The molecule has 0 aliphatic rings. The van der Waals surface area contributed by atoms with Gasteiger partial charge in [-0.1, -0.05) is 16.8 Å². The summed E-state index contributed by atoms with van der Waals surface area (Å²) in [5.74, 6) is -3.68. The molecular formula is C17H10ClF5N4O3S. The van der Waals surface area contributed by atoms with Crippen molar-refractivity contribution in [2.24, 2.45) is 0 Å². The van der Waals surface area contributed by atoms with E-state index >= 15 is 0 Å². The Morgan fingerprint density at radius 2 is 1.68 bits per heavy atom. The van der Waals surface area contributed by atoms with Crippen molar-refractivity contribution in [2.75, 3.05) is 0 Å². The zero-order valence-electron chi connectivity index (χ0n) is 15.2. The van der Waals surface area contributed by atoms with Crippen molar-refractivity contribution in [3.05, 3.63) is 70.0 Å². The van der Waals surface area contributed by atoms with E-state index in [4.69, 9.17) is 11.6 Å². The van der Waals surface area contributed by atoms with E-state index < -0.39 is 49.9 Å². The van der Waals surface area contributed by atoms with Gasteiger partial charge in [-0.3, -0.25) is 4.79 Å². The minimum Gasteiger partial charge on any atom is -0.266 e. The summed E-state index contributed by atoms with van der Waals surface area (Å²) in [7, 11) is -4.68. The maximum Gasteiger partial charge on any atom is 0.416 e. The summed E-state index contributed by atoms with van der Waals surface area (Å²) >= 11 is 5.73. The maximum absolute atomic E-state index is 13.3. The average Bonchev–Trinajstić information content (AvgIpc) is 3.01. The van der Waals surface area contributed by atoms with Crippen LogP contribution in [0.2, 0.25) is 5.02 Å². The number of hydrogen-bond donors (Lipinski definition) is 1. The largest absolute Gasteiger partial charge is 0.416 e. The van der Waals surface area contributed by atoms with Gasteiger partial charge in [-0.15, -0.1) is 5.10 Å². The van der Waals surface area contributed by atoms with Crippen molar-refractivity contribution in [2.45, 2.75) is 18.0 Å². The number of halogens is 6. The third-order valence-electron chi connectivity index (χ3n) is 3.94. The second-order valence-corrected chi connectivity index (χ2v) is 8.29. The highest BCUT2D eigenvalue weighted by Crippen LogP contribution is 2.33. The van der Waals surface area contributed by atoms with Crippen molar-refractivity contribution >= 4 is 27.5 Å². The van der Waals surface area contributed by atoms with E-state index in [1.807, 2.05) is 0 Å². The Morgan fingerprint density at radius 1 is 1.06 bits per heavy atom. The van der Waals surface area contributed by atoms with Crippen LogP contribution in [0.3, 0.4) is 0 Å². The maximum atomic E-state index is 13.3. The monoisotopic (exact) mass is 480 g/mol. The lowest BCUT2D eigenvalue weighted by Gasteiger charge is -2.11. The molecule has 1 aromatic heterocycles. The second kappa shape index (κ2) is 7.89. The van der Waals surface area contributed by atoms with Gasteiger partial charge in [0.2, 0.25) is 0 Å². The van der Waals surface area contributed by atoms with Crippen molar-refractivity contribution in [1.29, 1.82) is 0 Å². The highest BCUT2D eigenvalue weighted by molar-refractivity contribution is 7.90. The smallest absolute Gasteiger partial charge is 0.266 e. The molecule has 0 spiro atoms. The molecule has 3 aromatic rings. The number of carbonyl (C=O) groups excluding carboxylic acids is 1. The Morgan fingerprint density at radius 3 is 2.26 bits per heavy atom. The van der Waals surface area contributed by atoms with Crippen LogP contribution in [0, 0.1) is 18.6 Å². The van der Waals surface area contributed by atoms with E-state index in [-0.39, 0.29) is 16.4 Å². The van der Waals surface area contributed by atoms with Crippen LogP contribution in [0.15, 0.2) is 41.3 Å². The van der Waals surface area contributed by atoms with Crippen molar-refractivity contribution < 1.29 is 35.2 Å². The van der Waals surface area contributed by atoms with Gasteiger partial charge >= 0.3 is 6.18 Å². The second-order valence-electron chi connectivity index (χ2n) is 6.17. The molecule has 0 bridgehead atoms. The number of benzene rings is 2. The highest BCUT2D eigenvalue weighted by atomic mass is 35.5. The van der Waals surface area contributed by atoms with E-state index in [1.165, 1.54) is 6.92 Å². The fourth-order valence-corrected chi connectivity index (χ4v) is 3.78. The number of sulfonamides is 1. The van der Waals surface area contributed by atoms with Crippen molar-refractivity contribution in [3.8, 4) is 5.69 Å². The lowest BCUT2D eigenvalue weighted by atomic mass is 10.2. The summed E-state index contributed by atoms with van der Waals surface area (Å²) in [6.07, 6.45) is -4.71. The molecule has 0 saturated carbocycles. The number of aromatic nitrogens is 3. The number of amides is 1. The summed E-state index contributed by atoms with van der Waals surface area (Å²) in [4.78, 5) is 11.5. The van der Waals surface area contributed by atoms with Crippen LogP contribution in [0.1, 0.15) is 21.7 Å². The van der Waals surface area contributed by atoms with Gasteiger partial charge in [0.1, 0.15) is 11.6 Å². The van der Waals surface area contributed by atoms with Crippen LogP contribution in [0.4, 0.5) is 22.0 Å². The fourth-order valence-electron chi connectivity index (χ4n) is 2.56. The fraction of sp³-hybridized carbons (Fsp3) is 0.118. The van der Waals surface area contributed by atoms with Gasteiger partial charge in [0.25, 0.3) is 15.9 Å². The van der Waals surface area contributed by atoms with Gasteiger partial charge in [-0.25, -0.2) is 26.6 Å². The molecule has 1 amide bonds. The summed E-state index contributed by atoms with van der Waals surface area (Å²) in [5.41, 5.74) is -1.92. The van der Waals surface area contributed by atoms with E-state index in [9.17, 15) is 35.2 Å². The van der Waals surface area contributed by atoms with E-state index in [0.29, 0.717) is 30.3 Å². The number of nitrogens with one attached hydrogen (secondary N) is 1. The van der Waals surface area contributed by atoms with Crippen LogP contribution in [0.25, 0.3) is 5.69 Å². The SMILES string of the molecule is Cc1c(C(=O)NS(=O)(=O)c2cc(F)cc(F)c2)nnn1-c1cc(Cl)cc(C(F)(F)F)c1. The first-order chi connectivity index (χ1) is 14.3. The Balaban J connectivity index is 1.95. The molecular weight excluding hydrogens is 471 g/mol. The molecule has 0 radical (unpaired) electrons. The first-order valence-corrected chi connectivity index (χ1v) is 9.98. The molecule has 0 aliphatic carbocycles. The van der Waals surface area contributed by atoms with Gasteiger partial charge in [0, 0.05) is 11.1 Å². The molecule has 14 heteroatoms. The van der Waals surface area contributed by atoms with Gasteiger partial charge in [-0.2, -0.15) is 13.2 Å². The first kappa shape index (κ1) is 22.6. The number of nitrogens with zero attached hydrogens (tertiary/aromatic N) is 3. The van der Waals surface area contributed by atoms with E-state index in [0.717, 1.165) is 10.7 Å². The zero-order chi connectivity index (χ0) is 23.1. The van der Waals surface area contributed by atoms with Crippen LogP contribution in [-0.2, 0) is 16.2 Å². The third-order valence-corrected chi connectivity index (χ3v) is 5.47. The summed E-state index contributed by atoms with van der Waals surface area (Å²) in [5, 5.41) is 6.80. The molecule has 0 aliphatic heterocycles. The Bertz CT molecular complexity index is 1270. The van der Waals surface area contributed by atoms with Gasteiger partial charge in [-0.05, 0) is 37.3 Å². The highest BCUT2D eigenvalue weighted by Gasteiger charge is 2.32. The van der Waals surface area contributed by atoms with Crippen LogP contribution < -0.4 is 4.72 Å². The molecule has 0 atom stereocenters. The first-order valence-electron chi connectivity index (χ1n) is 8.11. The lowest BCUT2D eigenvalue weighted by Crippen LogP contribution is -2.31. The topological polar surface area (TPSA) is 93.9 Å². The Kier molecular flexibility index (Phi) is 5.76. The van der Waals surface area contributed by atoms with Crippen LogP contribution >= 0.6 is 11.6 Å². The standard InChI is InChI=1S/C17H10ClF5N4O3S/c1-8-15(16(28)25-31(29,30)14-6-11(19)5-12(20)7-14)24-26-27(8)13-3-9(17(21,22)23)2-10(18)4-13/h2-7H,1H3,(H,25,28). The molecule has 3 rings (SSSR count). The predicted molar refractivity (Wildman–Crippen MR) is 97.1 cm³/mol. The van der Waals surface area contributed by atoms with Crippen molar-refractivity contribution in [3.63, 3.8) is 0 Å². The van der Waals surface area contributed by atoms with Crippen molar-refractivity contribution in [1.82, 2.24) is 19.7 Å². The zero-order valence-corrected chi connectivity index (χ0v) is 16.8. The molecule has 2 aromatic carbocycles. The molecule has 164 valence electrons. The quantitative estimate of drug-likeness (QED) is 0.575. The molecule has 0 saturated heterocycles. The molecule has 0 unspecified atom stereocenters. The molecule has 7 nitrogen and oxygen atoms in total. The average molecular weight is 481 g/mol. The Labute approximate surface area is 176 Å². The van der Waals surface area contributed by atoms with Gasteiger partial charge in [0.15, 0.2) is 5.69 Å². The number of rotatable bonds is 4. The van der Waals surface area contributed by atoms with Gasteiger partial charge in [0.05, 0.1) is 21.8 Å². The summed E-state index contributed by atoms with van der Waals surface area (Å²) in [6.45, 7) is 1.25. The Hall–Kier alpha value is -3.06. The molecule has 0 fully saturated rings. The molecule has 1 heterocycles. The van der Waals surface area contributed by atoms with Crippen LogP contribution in [-0.4, -0.2) is 29.3 Å². The summed E-state index contributed by atoms with van der Waals surface area (Å²) in [6, 6.07) is 3.96. The number of carbonyl (C=O) groups is 1. The van der Waals surface area contributed by atoms with Gasteiger partial charge < -0.3 is 0 Å². The number of alkyl halides is 3. The van der Waals surface area contributed by atoms with E-state index in [2.05, 4.69) is 10.3 Å².